The van der Waals surface area contributed by atoms with E-state index in [0.717, 1.165) is 50.7 Å². The average Bonchev–Trinajstić information content (AvgIpc) is 2.95. The summed E-state index contributed by atoms with van der Waals surface area (Å²) in [5.74, 6) is 0.908. The van der Waals surface area contributed by atoms with Gasteiger partial charge in [-0.3, -0.25) is 4.90 Å². The van der Waals surface area contributed by atoms with Crippen LogP contribution in [-0.2, 0) is 13.1 Å². The van der Waals surface area contributed by atoms with Gasteiger partial charge in [0.2, 0.25) is 0 Å². The zero-order valence-electron chi connectivity index (χ0n) is 15.7. The molecule has 1 N–H and O–H groups in total. The average molecular weight is 342 g/mol. The molecule has 136 valence electrons. The highest BCUT2D eigenvalue weighted by atomic mass is 16.5. The highest BCUT2D eigenvalue weighted by Gasteiger charge is 2.18. The number of nitrogens with one attached hydrogen (secondary N) is 1. The Kier molecular flexibility index (Phi) is 6.10. The molecule has 2 heterocycles. The number of hydrogen-bond acceptors (Lipinski definition) is 5. The van der Waals surface area contributed by atoms with E-state index in [-0.39, 0.29) is 0 Å². The van der Waals surface area contributed by atoms with Crippen molar-refractivity contribution < 1.29 is 4.52 Å². The molecule has 1 aromatic carbocycles. The van der Waals surface area contributed by atoms with Crippen molar-refractivity contribution in [3.8, 4) is 0 Å². The monoisotopic (exact) mass is 342 g/mol. The summed E-state index contributed by atoms with van der Waals surface area (Å²) < 4.78 is 5.24. The van der Waals surface area contributed by atoms with E-state index in [4.69, 9.17) is 4.52 Å². The van der Waals surface area contributed by atoms with Crippen molar-refractivity contribution in [1.29, 1.82) is 0 Å². The third-order valence-electron chi connectivity index (χ3n) is 5.04. The maximum atomic E-state index is 5.24. The van der Waals surface area contributed by atoms with Gasteiger partial charge in [0.1, 0.15) is 5.76 Å². The van der Waals surface area contributed by atoms with Crippen LogP contribution in [0.25, 0.3) is 0 Å². The van der Waals surface area contributed by atoms with Crippen molar-refractivity contribution in [1.82, 2.24) is 15.4 Å². The van der Waals surface area contributed by atoms with Crippen LogP contribution in [0.3, 0.4) is 0 Å². The van der Waals surface area contributed by atoms with Crippen molar-refractivity contribution in [3.63, 3.8) is 0 Å². The van der Waals surface area contributed by atoms with Gasteiger partial charge in [-0.1, -0.05) is 30.3 Å². The molecule has 0 saturated carbocycles. The number of piperazine rings is 1. The Hall–Kier alpha value is -1.85. The largest absolute Gasteiger partial charge is 0.369 e. The summed E-state index contributed by atoms with van der Waals surface area (Å²) in [5.41, 5.74) is 4.87. The molecule has 5 heteroatoms. The number of benzene rings is 1. The Labute approximate surface area is 151 Å². The summed E-state index contributed by atoms with van der Waals surface area (Å²) in [4.78, 5) is 5.09. The Morgan fingerprint density at radius 2 is 1.84 bits per heavy atom. The van der Waals surface area contributed by atoms with E-state index < -0.39 is 0 Å². The van der Waals surface area contributed by atoms with E-state index >= 15 is 0 Å². The van der Waals surface area contributed by atoms with Gasteiger partial charge in [-0.15, -0.1) is 0 Å². The second kappa shape index (κ2) is 8.50. The van der Waals surface area contributed by atoms with Gasteiger partial charge in [0.05, 0.1) is 5.69 Å². The molecule has 5 nitrogen and oxygen atoms in total. The summed E-state index contributed by atoms with van der Waals surface area (Å²) in [7, 11) is 0. The van der Waals surface area contributed by atoms with E-state index in [9.17, 15) is 0 Å². The number of para-hydroxylation sites is 1. The van der Waals surface area contributed by atoms with Crippen LogP contribution in [-0.4, -0.2) is 42.8 Å². The van der Waals surface area contributed by atoms with Crippen molar-refractivity contribution in [2.75, 3.05) is 37.6 Å². The Balaban J connectivity index is 1.60. The minimum Gasteiger partial charge on any atom is -0.369 e. The Morgan fingerprint density at radius 1 is 1.08 bits per heavy atom. The molecule has 25 heavy (non-hydrogen) atoms. The molecule has 1 aromatic heterocycles. The van der Waals surface area contributed by atoms with Gasteiger partial charge in [0, 0.05) is 50.5 Å². The predicted molar refractivity (Wildman–Crippen MR) is 102 cm³/mol. The second-order valence-corrected chi connectivity index (χ2v) is 6.86. The lowest BCUT2D eigenvalue weighted by Gasteiger charge is -2.37. The van der Waals surface area contributed by atoms with Gasteiger partial charge >= 0.3 is 0 Å². The SMILES string of the molecule is CCCN1CCN(c2ccccc2CNCc2c(C)noc2C)CC1. The first-order valence-electron chi connectivity index (χ1n) is 9.36. The quantitative estimate of drug-likeness (QED) is 0.837. The third kappa shape index (κ3) is 4.41. The third-order valence-corrected chi connectivity index (χ3v) is 5.04. The minimum absolute atomic E-state index is 0.791. The molecule has 0 amide bonds. The summed E-state index contributed by atoms with van der Waals surface area (Å²) >= 11 is 0. The fraction of sp³-hybridized carbons (Fsp3) is 0.550. The van der Waals surface area contributed by atoms with Crippen LogP contribution in [0.15, 0.2) is 28.8 Å². The Bertz CT molecular complexity index is 655. The van der Waals surface area contributed by atoms with Crippen LogP contribution in [0.4, 0.5) is 5.69 Å². The van der Waals surface area contributed by atoms with Gasteiger partial charge in [-0.25, -0.2) is 0 Å². The van der Waals surface area contributed by atoms with Crippen LogP contribution in [0.1, 0.15) is 35.9 Å². The molecule has 1 aliphatic rings. The predicted octanol–water partition coefficient (Wildman–Crippen LogP) is 3.11. The molecule has 1 aliphatic heterocycles. The fourth-order valence-electron chi connectivity index (χ4n) is 3.57. The van der Waals surface area contributed by atoms with Crippen molar-refractivity contribution in [3.05, 3.63) is 46.8 Å². The van der Waals surface area contributed by atoms with Crippen LogP contribution < -0.4 is 10.2 Å². The molecule has 0 bridgehead atoms. The lowest BCUT2D eigenvalue weighted by molar-refractivity contribution is 0.258. The van der Waals surface area contributed by atoms with Gasteiger partial charge in [-0.05, 0) is 38.4 Å². The minimum atomic E-state index is 0.791. The van der Waals surface area contributed by atoms with E-state index in [1.165, 1.54) is 29.8 Å². The molecule has 0 radical (unpaired) electrons. The van der Waals surface area contributed by atoms with Gasteiger partial charge in [-0.2, -0.15) is 0 Å². The summed E-state index contributed by atoms with van der Waals surface area (Å²) in [6.07, 6.45) is 1.24. The Morgan fingerprint density at radius 3 is 2.52 bits per heavy atom. The van der Waals surface area contributed by atoms with Crippen molar-refractivity contribution in [2.45, 2.75) is 40.3 Å². The molecular weight excluding hydrogens is 312 g/mol. The van der Waals surface area contributed by atoms with Crippen molar-refractivity contribution in [2.24, 2.45) is 0 Å². The van der Waals surface area contributed by atoms with E-state index in [0.29, 0.717) is 0 Å². The van der Waals surface area contributed by atoms with Crippen LogP contribution in [0.5, 0.6) is 0 Å². The standard InChI is InChI=1S/C20H30N4O/c1-4-9-23-10-12-24(13-11-23)20-8-6-5-7-18(20)14-21-15-19-16(2)22-25-17(19)3/h5-8,21H,4,9-15H2,1-3H3. The summed E-state index contributed by atoms with van der Waals surface area (Å²) in [5, 5.41) is 7.58. The smallest absolute Gasteiger partial charge is 0.138 e. The molecule has 0 unspecified atom stereocenters. The first-order valence-corrected chi connectivity index (χ1v) is 9.36. The number of anilines is 1. The molecule has 0 aliphatic carbocycles. The molecular formula is C20H30N4O. The number of aryl methyl sites for hydroxylation is 2. The van der Waals surface area contributed by atoms with Gasteiger partial charge < -0.3 is 14.7 Å². The van der Waals surface area contributed by atoms with E-state index in [1.807, 2.05) is 13.8 Å². The highest BCUT2D eigenvalue weighted by molar-refractivity contribution is 5.54. The zero-order valence-corrected chi connectivity index (χ0v) is 15.7. The summed E-state index contributed by atoms with van der Waals surface area (Å²) in [6, 6.07) is 8.76. The normalized spacial score (nSPS) is 15.7. The molecule has 3 rings (SSSR count). The lowest BCUT2D eigenvalue weighted by atomic mass is 10.1. The molecule has 1 saturated heterocycles. The number of rotatable bonds is 7. The molecule has 0 atom stereocenters. The molecule has 0 spiro atoms. The van der Waals surface area contributed by atoms with Gasteiger partial charge in [0.15, 0.2) is 0 Å². The molecule has 1 fully saturated rings. The van der Waals surface area contributed by atoms with Crippen LogP contribution in [0.2, 0.25) is 0 Å². The van der Waals surface area contributed by atoms with Crippen molar-refractivity contribution >= 4 is 5.69 Å². The second-order valence-electron chi connectivity index (χ2n) is 6.86. The molecule has 2 aromatic rings. The number of nitrogens with zero attached hydrogens (tertiary/aromatic N) is 3. The summed E-state index contributed by atoms with van der Waals surface area (Å²) in [6.45, 7) is 13.6. The maximum Gasteiger partial charge on any atom is 0.138 e. The fourth-order valence-corrected chi connectivity index (χ4v) is 3.57. The maximum absolute atomic E-state index is 5.24. The van der Waals surface area contributed by atoms with Crippen LogP contribution >= 0.6 is 0 Å². The van der Waals surface area contributed by atoms with E-state index in [2.05, 4.69) is 51.5 Å². The lowest BCUT2D eigenvalue weighted by Crippen LogP contribution is -2.46. The van der Waals surface area contributed by atoms with E-state index in [1.54, 1.807) is 0 Å². The first kappa shape index (κ1) is 18.0. The number of hydrogen-bond donors (Lipinski definition) is 1. The van der Waals surface area contributed by atoms with Gasteiger partial charge in [0.25, 0.3) is 0 Å². The highest BCUT2D eigenvalue weighted by Crippen LogP contribution is 2.22. The number of aromatic nitrogens is 1. The van der Waals surface area contributed by atoms with Crippen LogP contribution in [0, 0.1) is 13.8 Å². The topological polar surface area (TPSA) is 44.5 Å². The first-order chi connectivity index (χ1) is 12.2. The zero-order chi connectivity index (χ0) is 17.6.